The van der Waals surface area contributed by atoms with Crippen LogP contribution in [0.1, 0.15) is 34.5 Å². The number of nitrogens with one attached hydrogen (secondary N) is 1. The first-order valence-electron chi connectivity index (χ1n) is 9.78. The number of rotatable bonds is 5. The highest BCUT2D eigenvalue weighted by Crippen LogP contribution is 2.32. The van der Waals surface area contributed by atoms with E-state index < -0.39 is 17.8 Å². The van der Waals surface area contributed by atoms with Crippen LogP contribution in [-0.4, -0.2) is 11.1 Å². The van der Waals surface area contributed by atoms with Crippen LogP contribution in [0.5, 0.6) is 0 Å². The number of halogens is 1. The van der Waals surface area contributed by atoms with Gasteiger partial charge in [0.1, 0.15) is 17.2 Å². The van der Waals surface area contributed by atoms with E-state index in [-0.39, 0.29) is 22.0 Å². The zero-order valence-electron chi connectivity index (χ0n) is 17.0. The number of hydrogen-bond donors (Lipinski definition) is 2. The molecule has 0 radical (unpaired) electrons. The topological polar surface area (TPSA) is 79.5 Å². The fourth-order valence-corrected chi connectivity index (χ4v) is 3.67. The molecule has 1 atom stereocenters. The van der Waals surface area contributed by atoms with E-state index in [1.165, 1.54) is 18.2 Å². The van der Waals surface area contributed by atoms with Crippen LogP contribution < -0.4 is 10.7 Å². The fourth-order valence-electron chi connectivity index (χ4n) is 3.67. The zero-order chi connectivity index (χ0) is 22.1. The number of carboxylic acids is 1. The first-order valence-corrected chi connectivity index (χ1v) is 9.78. The van der Waals surface area contributed by atoms with Crippen LogP contribution in [0.4, 0.5) is 10.1 Å². The molecule has 4 aromatic rings. The summed E-state index contributed by atoms with van der Waals surface area (Å²) in [6.07, 6.45) is 0. The zero-order valence-corrected chi connectivity index (χ0v) is 17.0. The van der Waals surface area contributed by atoms with E-state index in [1.54, 1.807) is 32.0 Å². The smallest absolute Gasteiger partial charge is 0.337 e. The quantitative estimate of drug-likeness (QED) is 0.430. The van der Waals surface area contributed by atoms with E-state index in [2.05, 4.69) is 5.32 Å². The highest BCUT2D eigenvalue weighted by molar-refractivity contribution is 5.94. The molecule has 31 heavy (non-hydrogen) atoms. The van der Waals surface area contributed by atoms with Gasteiger partial charge in [0.15, 0.2) is 5.43 Å². The molecule has 2 N–H and O–H groups in total. The molecule has 1 heterocycles. The summed E-state index contributed by atoms with van der Waals surface area (Å²) in [5.41, 5.74) is 2.00. The Bertz CT molecular complexity index is 1350. The average molecular weight is 417 g/mol. The second kappa shape index (κ2) is 8.07. The summed E-state index contributed by atoms with van der Waals surface area (Å²) in [6, 6.07) is 17.6. The number of carbonyl (C=O) groups is 1. The summed E-state index contributed by atoms with van der Waals surface area (Å²) in [6.45, 7) is 3.41. The maximum Gasteiger partial charge on any atom is 0.337 e. The molecular weight excluding hydrogens is 397 g/mol. The van der Waals surface area contributed by atoms with Gasteiger partial charge in [0.2, 0.25) is 0 Å². The number of fused-ring (bicyclic) bond motifs is 1. The van der Waals surface area contributed by atoms with Crippen molar-refractivity contribution in [2.45, 2.75) is 19.9 Å². The van der Waals surface area contributed by atoms with Crippen LogP contribution in [0, 0.1) is 12.7 Å². The number of carboxylic acid groups (broad SMARTS) is 1. The molecule has 0 fully saturated rings. The van der Waals surface area contributed by atoms with Crippen molar-refractivity contribution in [1.29, 1.82) is 0 Å². The lowest BCUT2D eigenvalue weighted by molar-refractivity contribution is 0.0698. The van der Waals surface area contributed by atoms with E-state index in [0.717, 1.165) is 5.56 Å². The van der Waals surface area contributed by atoms with Crippen molar-refractivity contribution in [3.63, 3.8) is 0 Å². The molecule has 0 unspecified atom stereocenters. The van der Waals surface area contributed by atoms with E-state index in [0.29, 0.717) is 22.6 Å². The Morgan fingerprint density at radius 1 is 1.06 bits per heavy atom. The number of anilines is 1. The van der Waals surface area contributed by atoms with Gasteiger partial charge >= 0.3 is 5.97 Å². The van der Waals surface area contributed by atoms with E-state index in [1.807, 2.05) is 30.3 Å². The van der Waals surface area contributed by atoms with Crippen molar-refractivity contribution >= 4 is 22.6 Å². The summed E-state index contributed by atoms with van der Waals surface area (Å²) in [5.74, 6) is -1.22. The molecule has 0 aliphatic heterocycles. The van der Waals surface area contributed by atoms with Crippen molar-refractivity contribution in [3.05, 3.63) is 99.5 Å². The standard InChI is InChI=1S/C25H20FNO4/c1-14-22(28)20-13-17(26)12-19(24(20)31-23(14)16-8-4-3-5-9-16)15(2)27-21-11-7-6-10-18(21)25(29)30/h3-13,15,27H,1-2H3,(H,29,30)/t15-/m1/s1. The Kier molecular flexibility index (Phi) is 5.29. The summed E-state index contributed by atoms with van der Waals surface area (Å²) < 4.78 is 20.6. The van der Waals surface area contributed by atoms with E-state index >= 15 is 0 Å². The van der Waals surface area contributed by atoms with Crippen LogP contribution in [0.2, 0.25) is 0 Å². The third-order valence-corrected chi connectivity index (χ3v) is 5.24. The largest absolute Gasteiger partial charge is 0.478 e. The molecule has 0 aliphatic rings. The van der Waals surface area contributed by atoms with Gasteiger partial charge in [-0.3, -0.25) is 4.79 Å². The van der Waals surface area contributed by atoms with Crippen LogP contribution in [0.25, 0.3) is 22.3 Å². The first kappa shape index (κ1) is 20.3. The molecule has 6 heteroatoms. The molecule has 0 bridgehead atoms. The summed E-state index contributed by atoms with van der Waals surface area (Å²) in [5, 5.41) is 12.7. The minimum absolute atomic E-state index is 0.0948. The van der Waals surface area contributed by atoms with Crippen LogP contribution in [0.3, 0.4) is 0 Å². The van der Waals surface area contributed by atoms with Gasteiger partial charge in [0.05, 0.1) is 17.0 Å². The number of benzene rings is 3. The van der Waals surface area contributed by atoms with Gasteiger partial charge in [-0.25, -0.2) is 9.18 Å². The van der Waals surface area contributed by atoms with Gasteiger partial charge in [0.25, 0.3) is 0 Å². The maximum absolute atomic E-state index is 14.4. The molecule has 0 amide bonds. The van der Waals surface area contributed by atoms with Gasteiger partial charge in [-0.05, 0) is 38.1 Å². The van der Waals surface area contributed by atoms with Gasteiger partial charge in [-0.15, -0.1) is 0 Å². The summed E-state index contributed by atoms with van der Waals surface area (Å²) >= 11 is 0. The maximum atomic E-state index is 14.4. The molecule has 0 saturated carbocycles. The van der Waals surface area contributed by atoms with Gasteiger partial charge in [0, 0.05) is 22.4 Å². The number of para-hydroxylation sites is 1. The highest BCUT2D eigenvalue weighted by Gasteiger charge is 2.20. The first-order chi connectivity index (χ1) is 14.9. The second-order valence-electron chi connectivity index (χ2n) is 7.34. The summed E-state index contributed by atoms with van der Waals surface area (Å²) in [4.78, 5) is 24.6. The van der Waals surface area contributed by atoms with Crippen molar-refractivity contribution in [3.8, 4) is 11.3 Å². The summed E-state index contributed by atoms with van der Waals surface area (Å²) in [7, 11) is 0. The van der Waals surface area contributed by atoms with Crippen molar-refractivity contribution in [2.24, 2.45) is 0 Å². The Balaban J connectivity index is 1.89. The Morgan fingerprint density at radius 3 is 2.45 bits per heavy atom. The van der Waals surface area contributed by atoms with Gasteiger partial charge in [-0.1, -0.05) is 42.5 Å². The molecule has 5 nitrogen and oxygen atoms in total. The minimum atomic E-state index is -1.08. The predicted octanol–water partition coefficient (Wildman–Crippen LogP) is 5.78. The van der Waals surface area contributed by atoms with Crippen LogP contribution in [-0.2, 0) is 0 Å². The Morgan fingerprint density at radius 2 is 1.74 bits per heavy atom. The SMILES string of the molecule is Cc1c(-c2ccccc2)oc2c([C@@H](C)Nc3ccccc3C(=O)O)cc(F)cc2c1=O. The molecule has 3 aromatic carbocycles. The average Bonchev–Trinajstić information content (AvgIpc) is 2.77. The van der Waals surface area contributed by atoms with Crippen molar-refractivity contribution < 1.29 is 18.7 Å². The molecule has 4 rings (SSSR count). The number of hydrogen-bond acceptors (Lipinski definition) is 4. The lowest BCUT2D eigenvalue weighted by atomic mass is 10.0. The third-order valence-electron chi connectivity index (χ3n) is 5.24. The predicted molar refractivity (Wildman–Crippen MR) is 118 cm³/mol. The van der Waals surface area contributed by atoms with Crippen LogP contribution in [0.15, 0.2) is 75.9 Å². The molecule has 0 aliphatic carbocycles. The Hall–Kier alpha value is -3.93. The molecular formula is C25H20FNO4. The van der Waals surface area contributed by atoms with Crippen molar-refractivity contribution in [2.75, 3.05) is 5.32 Å². The van der Waals surface area contributed by atoms with E-state index in [4.69, 9.17) is 4.42 Å². The number of aromatic carboxylic acids is 1. The lowest BCUT2D eigenvalue weighted by Gasteiger charge is -2.19. The third kappa shape index (κ3) is 3.80. The minimum Gasteiger partial charge on any atom is -0.478 e. The normalized spacial score (nSPS) is 12.0. The molecule has 156 valence electrons. The molecule has 1 aromatic heterocycles. The second-order valence-corrected chi connectivity index (χ2v) is 7.34. The highest BCUT2D eigenvalue weighted by atomic mass is 19.1. The molecule has 0 spiro atoms. The van der Waals surface area contributed by atoms with Crippen LogP contribution >= 0.6 is 0 Å². The van der Waals surface area contributed by atoms with E-state index in [9.17, 15) is 19.1 Å². The fraction of sp³-hybridized carbons (Fsp3) is 0.120. The lowest BCUT2D eigenvalue weighted by Crippen LogP contribution is -2.14. The Labute approximate surface area is 177 Å². The van der Waals surface area contributed by atoms with Gasteiger partial charge in [-0.2, -0.15) is 0 Å². The van der Waals surface area contributed by atoms with Crippen molar-refractivity contribution in [1.82, 2.24) is 0 Å². The molecule has 0 saturated heterocycles. The van der Waals surface area contributed by atoms with Gasteiger partial charge < -0.3 is 14.8 Å². The monoisotopic (exact) mass is 417 g/mol.